The molecule has 4 heteroatoms. The molecule has 1 heterocycles. The number of hydrogen-bond acceptors (Lipinski definition) is 3. The highest BCUT2D eigenvalue weighted by Crippen LogP contribution is 2.18. The Kier molecular flexibility index (Phi) is 3.35. The molecule has 0 aromatic rings. The van der Waals surface area contributed by atoms with Crippen molar-refractivity contribution in [3.8, 4) is 0 Å². The fourth-order valence-electron chi connectivity index (χ4n) is 1.82. The molecule has 1 rings (SSSR count). The maximum Gasteiger partial charge on any atom is 0.150 e. The minimum absolute atomic E-state index is 0.0949. The standard InChI is InChI=1S/C9H19NO2S/c1-8(2)10-6-4-9(5-7-10)13(3,11)12/h8-9H,4-7H2,1-3H3. The molecule has 1 aliphatic heterocycles. The fourth-order valence-corrected chi connectivity index (χ4v) is 2.89. The highest BCUT2D eigenvalue weighted by Gasteiger charge is 2.27. The molecule has 0 amide bonds. The number of piperidine rings is 1. The van der Waals surface area contributed by atoms with Crippen LogP contribution in [-0.4, -0.2) is 44.0 Å². The number of sulfone groups is 1. The molecule has 1 fully saturated rings. The molecule has 13 heavy (non-hydrogen) atoms. The summed E-state index contributed by atoms with van der Waals surface area (Å²) in [5, 5.41) is -0.0949. The summed E-state index contributed by atoms with van der Waals surface area (Å²) in [7, 11) is -2.80. The van der Waals surface area contributed by atoms with Gasteiger partial charge in [0.15, 0.2) is 0 Å². The lowest BCUT2D eigenvalue weighted by atomic mass is 10.1. The summed E-state index contributed by atoms with van der Waals surface area (Å²) in [6.07, 6.45) is 2.96. The first-order valence-corrected chi connectivity index (χ1v) is 6.79. The van der Waals surface area contributed by atoms with Crippen LogP contribution in [0.5, 0.6) is 0 Å². The van der Waals surface area contributed by atoms with E-state index in [2.05, 4.69) is 18.7 Å². The molecule has 1 aliphatic rings. The zero-order valence-corrected chi connectivity index (χ0v) is 9.47. The van der Waals surface area contributed by atoms with E-state index in [0.29, 0.717) is 6.04 Å². The van der Waals surface area contributed by atoms with Crippen molar-refractivity contribution in [3.05, 3.63) is 0 Å². The van der Waals surface area contributed by atoms with Crippen LogP contribution in [0.1, 0.15) is 26.7 Å². The summed E-state index contributed by atoms with van der Waals surface area (Å²) in [6.45, 7) is 6.16. The third kappa shape index (κ3) is 2.95. The van der Waals surface area contributed by atoms with Crippen LogP contribution in [0.15, 0.2) is 0 Å². The lowest BCUT2D eigenvalue weighted by molar-refractivity contribution is 0.186. The number of hydrogen-bond donors (Lipinski definition) is 0. The predicted molar refractivity (Wildman–Crippen MR) is 54.6 cm³/mol. The molecule has 1 saturated heterocycles. The maximum atomic E-state index is 11.2. The van der Waals surface area contributed by atoms with Gasteiger partial charge in [-0.05, 0) is 39.8 Å². The molecule has 0 aliphatic carbocycles. The van der Waals surface area contributed by atoms with Crippen molar-refractivity contribution in [1.82, 2.24) is 4.90 Å². The van der Waals surface area contributed by atoms with Gasteiger partial charge in [-0.25, -0.2) is 8.42 Å². The SMILES string of the molecule is CC(C)N1CCC(S(C)(=O)=O)CC1. The van der Waals surface area contributed by atoms with Crippen LogP contribution in [0.3, 0.4) is 0 Å². The van der Waals surface area contributed by atoms with Crippen LogP contribution < -0.4 is 0 Å². The Balaban J connectivity index is 2.49. The van der Waals surface area contributed by atoms with Crippen molar-refractivity contribution in [1.29, 1.82) is 0 Å². The van der Waals surface area contributed by atoms with E-state index in [1.165, 1.54) is 6.26 Å². The van der Waals surface area contributed by atoms with Gasteiger partial charge in [0.05, 0.1) is 5.25 Å². The second kappa shape index (κ2) is 3.96. The minimum atomic E-state index is -2.80. The first-order chi connectivity index (χ1) is 5.91. The summed E-state index contributed by atoms with van der Waals surface area (Å²) < 4.78 is 22.5. The number of likely N-dealkylation sites (tertiary alicyclic amines) is 1. The molecule has 3 nitrogen and oxygen atoms in total. The van der Waals surface area contributed by atoms with Crippen molar-refractivity contribution < 1.29 is 8.42 Å². The molecule has 0 radical (unpaired) electrons. The van der Waals surface area contributed by atoms with Crippen LogP contribution in [0.4, 0.5) is 0 Å². The third-order valence-electron chi connectivity index (χ3n) is 2.81. The molecule has 0 aromatic heterocycles. The topological polar surface area (TPSA) is 37.4 Å². The third-order valence-corrected chi connectivity index (χ3v) is 4.49. The van der Waals surface area contributed by atoms with Crippen molar-refractivity contribution in [3.63, 3.8) is 0 Å². The van der Waals surface area contributed by atoms with Crippen LogP contribution in [0.25, 0.3) is 0 Å². The van der Waals surface area contributed by atoms with Crippen molar-refractivity contribution in [2.24, 2.45) is 0 Å². The van der Waals surface area contributed by atoms with Gasteiger partial charge in [-0.15, -0.1) is 0 Å². The highest BCUT2D eigenvalue weighted by atomic mass is 32.2. The van der Waals surface area contributed by atoms with Gasteiger partial charge in [0, 0.05) is 12.3 Å². The largest absolute Gasteiger partial charge is 0.301 e. The van der Waals surface area contributed by atoms with Gasteiger partial charge in [0.25, 0.3) is 0 Å². The maximum absolute atomic E-state index is 11.2. The Morgan fingerprint density at radius 1 is 1.23 bits per heavy atom. The first kappa shape index (κ1) is 11.0. The van der Waals surface area contributed by atoms with Crippen LogP contribution in [-0.2, 0) is 9.84 Å². The van der Waals surface area contributed by atoms with Crippen LogP contribution in [0.2, 0.25) is 0 Å². The normalized spacial score (nSPS) is 22.5. The number of nitrogens with zero attached hydrogens (tertiary/aromatic N) is 1. The van der Waals surface area contributed by atoms with Gasteiger partial charge in [0.2, 0.25) is 0 Å². The van der Waals surface area contributed by atoms with E-state index in [9.17, 15) is 8.42 Å². The average molecular weight is 205 g/mol. The molecule has 0 spiro atoms. The van der Waals surface area contributed by atoms with Crippen LogP contribution >= 0.6 is 0 Å². The molecule has 0 unspecified atom stereocenters. The Labute approximate surface area is 81.0 Å². The van der Waals surface area contributed by atoms with Gasteiger partial charge in [-0.1, -0.05) is 0 Å². The second-order valence-electron chi connectivity index (χ2n) is 4.16. The van der Waals surface area contributed by atoms with E-state index >= 15 is 0 Å². The van der Waals surface area contributed by atoms with E-state index in [4.69, 9.17) is 0 Å². The second-order valence-corrected chi connectivity index (χ2v) is 6.48. The Morgan fingerprint density at radius 3 is 2.00 bits per heavy atom. The Hall–Kier alpha value is -0.0900. The molecule has 78 valence electrons. The summed E-state index contributed by atoms with van der Waals surface area (Å²) in [4.78, 5) is 2.34. The fraction of sp³-hybridized carbons (Fsp3) is 1.00. The summed E-state index contributed by atoms with van der Waals surface area (Å²) >= 11 is 0. The van der Waals surface area contributed by atoms with Gasteiger partial charge in [0.1, 0.15) is 9.84 Å². The predicted octanol–water partition coefficient (Wildman–Crippen LogP) is 0.904. The van der Waals surface area contributed by atoms with Crippen molar-refractivity contribution in [2.45, 2.75) is 38.0 Å². The molecule has 0 saturated carbocycles. The van der Waals surface area contributed by atoms with Gasteiger partial charge in [-0.2, -0.15) is 0 Å². The summed E-state index contributed by atoms with van der Waals surface area (Å²) in [5.74, 6) is 0. The van der Waals surface area contributed by atoms with E-state index in [1.54, 1.807) is 0 Å². The minimum Gasteiger partial charge on any atom is -0.301 e. The van der Waals surface area contributed by atoms with E-state index in [-0.39, 0.29) is 5.25 Å². The molecule has 0 N–H and O–H groups in total. The quantitative estimate of drug-likeness (QED) is 0.672. The zero-order chi connectivity index (χ0) is 10.1. The van der Waals surface area contributed by atoms with Crippen molar-refractivity contribution in [2.75, 3.05) is 19.3 Å². The zero-order valence-electron chi connectivity index (χ0n) is 8.66. The van der Waals surface area contributed by atoms with Gasteiger partial charge < -0.3 is 4.90 Å². The monoisotopic (exact) mass is 205 g/mol. The van der Waals surface area contributed by atoms with Crippen molar-refractivity contribution >= 4 is 9.84 Å². The Morgan fingerprint density at radius 2 is 1.69 bits per heavy atom. The smallest absolute Gasteiger partial charge is 0.150 e. The molecule has 0 bridgehead atoms. The average Bonchev–Trinajstić information content (AvgIpc) is 2.03. The summed E-state index contributed by atoms with van der Waals surface area (Å²) in [5.41, 5.74) is 0. The number of rotatable bonds is 2. The van der Waals surface area contributed by atoms with E-state index in [0.717, 1.165) is 25.9 Å². The van der Waals surface area contributed by atoms with Gasteiger partial charge in [-0.3, -0.25) is 0 Å². The highest BCUT2D eigenvalue weighted by molar-refractivity contribution is 7.91. The van der Waals surface area contributed by atoms with Crippen LogP contribution in [0, 0.1) is 0 Å². The molecule has 0 aromatic carbocycles. The van der Waals surface area contributed by atoms with E-state index < -0.39 is 9.84 Å². The molecular formula is C9H19NO2S. The van der Waals surface area contributed by atoms with Gasteiger partial charge >= 0.3 is 0 Å². The lowest BCUT2D eigenvalue weighted by Crippen LogP contribution is -2.42. The Bertz CT molecular complexity index is 251. The first-order valence-electron chi connectivity index (χ1n) is 4.84. The molecule has 0 atom stereocenters. The summed E-state index contributed by atoms with van der Waals surface area (Å²) in [6, 6.07) is 0.542. The van der Waals surface area contributed by atoms with E-state index in [1.807, 2.05) is 0 Å². The lowest BCUT2D eigenvalue weighted by Gasteiger charge is -2.33. The molecular weight excluding hydrogens is 186 g/mol.